The molecule has 4 heterocycles. The van der Waals surface area contributed by atoms with Crippen LogP contribution in [0.1, 0.15) is 24.5 Å². The van der Waals surface area contributed by atoms with E-state index >= 15 is 0 Å². The summed E-state index contributed by atoms with van der Waals surface area (Å²) in [7, 11) is 0. The minimum absolute atomic E-state index is 0.0938. The lowest BCUT2D eigenvalue weighted by atomic mass is 9.94. The van der Waals surface area contributed by atoms with Crippen LogP contribution in [0.3, 0.4) is 0 Å². The van der Waals surface area contributed by atoms with Crippen molar-refractivity contribution in [3.63, 3.8) is 0 Å². The quantitative estimate of drug-likeness (QED) is 0.733. The maximum Gasteiger partial charge on any atom is 0.251 e. The Morgan fingerprint density at radius 2 is 2.14 bits per heavy atom. The predicted molar refractivity (Wildman–Crippen MR) is 76.5 cm³/mol. The number of aromatic amines is 1. The lowest BCUT2D eigenvalue weighted by molar-refractivity contribution is 0.158. The van der Waals surface area contributed by atoms with Crippen molar-refractivity contribution in [3.8, 4) is 0 Å². The molecule has 1 fully saturated rings. The van der Waals surface area contributed by atoms with Gasteiger partial charge >= 0.3 is 0 Å². The number of hydrogen-bond acceptors (Lipinski definition) is 6. The summed E-state index contributed by atoms with van der Waals surface area (Å²) in [5.41, 5.74) is 4.25. The van der Waals surface area contributed by atoms with Gasteiger partial charge < -0.3 is 15.1 Å². The molecule has 2 aliphatic heterocycles. The molecule has 0 radical (unpaired) electrons. The second-order valence-corrected chi connectivity index (χ2v) is 5.25. The number of piperidine rings is 1. The molecular formula is C13H16N6O2. The van der Waals surface area contributed by atoms with Crippen LogP contribution in [0.5, 0.6) is 0 Å². The number of aromatic nitrogens is 3. The number of hydrazine groups is 1. The molecule has 2 aromatic rings. The van der Waals surface area contributed by atoms with Gasteiger partial charge in [-0.3, -0.25) is 4.79 Å². The summed E-state index contributed by atoms with van der Waals surface area (Å²) in [4.78, 5) is 19.7. The Hall–Kier alpha value is -2.32. The Kier molecular flexibility index (Phi) is 2.90. The molecule has 0 saturated carbocycles. The first-order chi connectivity index (χ1) is 10.3. The van der Waals surface area contributed by atoms with Crippen molar-refractivity contribution in [2.45, 2.75) is 18.8 Å². The summed E-state index contributed by atoms with van der Waals surface area (Å²) in [6, 6.07) is 3.47. The van der Waals surface area contributed by atoms with Crippen molar-refractivity contribution in [1.82, 2.24) is 25.5 Å². The van der Waals surface area contributed by atoms with Crippen LogP contribution in [0.4, 0.5) is 5.82 Å². The molecule has 110 valence electrons. The maximum atomic E-state index is 11.9. The zero-order chi connectivity index (χ0) is 14.2. The van der Waals surface area contributed by atoms with E-state index in [1.54, 1.807) is 17.3 Å². The standard InChI is InChI=1S/C13H16N6O2/c20-13-7-10(9-1-3-14-4-2-9)19-11(15-13)8-12(16-19)18-5-6-21-17-18/h5-9,14,17H,1-4H2,(H,15,20). The summed E-state index contributed by atoms with van der Waals surface area (Å²) in [6.45, 7) is 1.94. The van der Waals surface area contributed by atoms with Gasteiger partial charge in [-0.2, -0.15) is 0 Å². The molecule has 0 bridgehead atoms. The van der Waals surface area contributed by atoms with E-state index in [0.29, 0.717) is 17.4 Å². The highest BCUT2D eigenvalue weighted by atomic mass is 16.7. The summed E-state index contributed by atoms with van der Waals surface area (Å²) < 4.78 is 1.82. The lowest BCUT2D eigenvalue weighted by Crippen LogP contribution is -2.29. The summed E-state index contributed by atoms with van der Waals surface area (Å²) in [5.74, 6) is 1.02. The van der Waals surface area contributed by atoms with Gasteiger partial charge in [-0.25, -0.2) is 9.52 Å². The van der Waals surface area contributed by atoms with Gasteiger partial charge in [-0.15, -0.1) is 5.10 Å². The highest BCUT2D eigenvalue weighted by molar-refractivity contribution is 5.53. The summed E-state index contributed by atoms with van der Waals surface area (Å²) in [6.07, 6.45) is 5.28. The number of hydrogen-bond donors (Lipinski definition) is 3. The van der Waals surface area contributed by atoms with Crippen LogP contribution in [-0.4, -0.2) is 27.7 Å². The molecule has 1 saturated heterocycles. The van der Waals surface area contributed by atoms with Gasteiger partial charge in [-0.05, 0) is 25.9 Å². The molecule has 2 aromatic heterocycles. The molecule has 0 unspecified atom stereocenters. The van der Waals surface area contributed by atoms with Crippen LogP contribution in [0.2, 0.25) is 0 Å². The van der Waals surface area contributed by atoms with E-state index in [2.05, 4.69) is 21.0 Å². The average molecular weight is 288 g/mol. The van der Waals surface area contributed by atoms with Gasteiger partial charge in [0.25, 0.3) is 5.56 Å². The first-order valence-electron chi connectivity index (χ1n) is 7.02. The van der Waals surface area contributed by atoms with Gasteiger partial charge in [0.05, 0.1) is 11.9 Å². The zero-order valence-electron chi connectivity index (χ0n) is 11.4. The Balaban J connectivity index is 1.81. The predicted octanol–water partition coefficient (Wildman–Crippen LogP) is 0.217. The number of H-pyrrole nitrogens is 1. The normalized spacial score (nSPS) is 19.3. The SMILES string of the molecule is O=c1cc(C2CCNCC2)n2nc(N3C=CON3)cc2[nH]1. The third-order valence-corrected chi connectivity index (χ3v) is 3.90. The van der Waals surface area contributed by atoms with Crippen molar-refractivity contribution in [3.05, 3.63) is 40.6 Å². The molecule has 0 spiro atoms. The molecule has 0 aromatic carbocycles. The second kappa shape index (κ2) is 4.90. The van der Waals surface area contributed by atoms with E-state index in [1.165, 1.54) is 6.26 Å². The highest BCUT2D eigenvalue weighted by Gasteiger charge is 2.21. The smallest absolute Gasteiger partial charge is 0.251 e. The second-order valence-electron chi connectivity index (χ2n) is 5.25. The minimum atomic E-state index is -0.0938. The molecule has 0 aliphatic carbocycles. The van der Waals surface area contributed by atoms with Gasteiger partial charge in [0.2, 0.25) is 0 Å². The molecule has 2 aliphatic rings. The molecule has 21 heavy (non-hydrogen) atoms. The molecule has 8 heteroatoms. The van der Waals surface area contributed by atoms with Crippen LogP contribution in [0.25, 0.3) is 5.65 Å². The van der Waals surface area contributed by atoms with Gasteiger partial charge in [-0.1, -0.05) is 5.59 Å². The fourth-order valence-corrected chi connectivity index (χ4v) is 2.87. The van der Waals surface area contributed by atoms with E-state index in [9.17, 15) is 4.79 Å². The van der Waals surface area contributed by atoms with Crippen LogP contribution in [0.15, 0.2) is 29.4 Å². The van der Waals surface area contributed by atoms with E-state index in [4.69, 9.17) is 4.84 Å². The largest absolute Gasteiger partial charge is 0.395 e. The third-order valence-electron chi connectivity index (χ3n) is 3.90. The van der Waals surface area contributed by atoms with Crippen molar-refractivity contribution in [2.24, 2.45) is 0 Å². The fraction of sp³-hybridized carbons (Fsp3) is 0.385. The summed E-state index contributed by atoms with van der Waals surface area (Å²) >= 11 is 0. The number of nitrogens with one attached hydrogen (secondary N) is 3. The van der Waals surface area contributed by atoms with E-state index in [-0.39, 0.29) is 5.56 Å². The van der Waals surface area contributed by atoms with Crippen molar-refractivity contribution in [1.29, 1.82) is 0 Å². The monoisotopic (exact) mass is 288 g/mol. The fourth-order valence-electron chi connectivity index (χ4n) is 2.87. The van der Waals surface area contributed by atoms with E-state index < -0.39 is 0 Å². The lowest BCUT2D eigenvalue weighted by Gasteiger charge is -2.23. The molecule has 4 rings (SSSR count). The highest BCUT2D eigenvalue weighted by Crippen LogP contribution is 2.25. The average Bonchev–Trinajstić information content (AvgIpc) is 3.16. The molecular weight excluding hydrogens is 272 g/mol. The van der Waals surface area contributed by atoms with Crippen LogP contribution >= 0.6 is 0 Å². The van der Waals surface area contributed by atoms with Gasteiger partial charge in [0.1, 0.15) is 11.9 Å². The first-order valence-corrected chi connectivity index (χ1v) is 7.02. The molecule has 0 atom stereocenters. The topological polar surface area (TPSA) is 86.7 Å². The number of anilines is 1. The molecule has 8 nitrogen and oxygen atoms in total. The molecule has 3 N–H and O–H groups in total. The van der Waals surface area contributed by atoms with Crippen LogP contribution in [-0.2, 0) is 4.84 Å². The van der Waals surface area contributed by atoms with Gasteiger partial charge in [0, 0.05) is 18.1 Å². The zero-order valence-corrected chi connectivity index (χ0v) is 11.4. The molecule has 0 amide bonds. The van der Waals surface area contributed by atoms with Crippen molar-refractivity contribution < 1.29 is 4.84 Å². The maximum absolute atomic E-state index is 11.9. The first kappa shape index (κ1) is 12.4. The van der Waals surface area contributed by atoms with E-state index in [0.717, 1.165) is 31.6 Å². The van der Waals surface area contributed by atoms with Crippen LogP contribution in [0, 0.1) is 0 Å². The minimum Gasteiger partial charge on any atom is -0.395 e. The number of fused-ring (bicyclic) bond motifs is 1. The van der Waals surface area contributed by atoms with Crippen LogP contribution < -0.4 is 21.5 Å². The Labute approximate surface area is 120 Å². The Morgan fingerprint density at radius 1 is 1.29 bits per heavy atom. The number of rotatable bonds is 2. The van der Waals surface area contributed by atoms with E-state index in [1.807, 2.05) is 10.6 Å². The van der Waals surface area contributed by atoms with Crippen molar-refractivity contribution >= 4 is 11.5 Å². The van der Waals surface area contributed by atoms with Crippen molar-refractivity contribution in [2.75, 3.05) is 18.1 Å². The van der Waals surface area contributed by atoms with Gasteiger partial charge in [0.15, 0.2) is 5.82 Å². The third kappa shape index (κ3) is 2.18. The Morgan fingerprint density at radius 3 is 2.90 bits per heavy atom. The Bertz CT molecular complexity index is 743. The number of nitrogens with zero attached hydrogens (tertiary/aromatic N) is 3. The summed E-state index contributed by atoms with van der Waals surface area (Å²) in [5, 5.41) is 9.56.